The van der Waals surface area contributed by atoms with Gasteiger partial charge in [0, 0.05) is 22.7 Å². The van der Waals surface area contributed by atoms with Crippen LogP contribution in [0.5, 0.6) is 0 Å². The van der Waals surface area contributed by atoms with E-state index in [0.29, 0.717) is 0 Å². The van der Waals surface area contributed by atoms with E-state index in [1.807, 2.05) is 0 Å². The van der Waals surface area contributed by atoms with E-state index in [2.05, 4.69) is 9.47 Å². The smallest absolute Gasteiger partial charge is 0.438 e. The molecule has 0 unspecified atom stereocenters. The van der Waals surface area contributed by atoms with Crippen LogP contribution in [0.25, 0.3) is 0 Å². The second-order valence-corrected chi connectivity index (χ2v) is 11.0. The first-order chi connectivity index (χ1) is 17.2. The zero-order valence-electron chi connectivity index (χ0n) is 21.4. The molecule has 204 valence electrons. The van der Waals surface area contributed by atoms with Crippen molar-refractivity contribution in [2.75, 3.05) is 20.8 Å². The van der Waals surface area contributed by atoms with E-state index in [1.165, 1.54) is 19.1 Å². The van der Waals surface area contributed by atoms with Gasteiger partial charge in [-0.3, -0.25) is 9.59 Å². The van der Waals surface area contributed by atoms with Gasteiger partial charge in [0.25, 0.3) is 0 Å². The Morgan fingerprint density at radius 3 is 2.38 bits per heavy atom. The molecule has 0 spiro atoms. The third kappa shape index (κ3) is 3.49. The molecule has 0 aromatic rings. The summed E-state index contributed by atoms with van der Waals surface area (Å²) in [6.07, 6.45) is -2.57. The van der Waals surface area contributed by atoms with Gasteiger partial charge in [0.05, 0.1) is 20.3 Å². The van der Waals surface area contributed by atoms with Crippen molar-refractivity contribution in [3.8, 4) is 0 Å². The van der Waals surface area contributed by atoms with Crippen LogP contribution >= 0.6 is 0 Å². The normalized spacial score (nSPS) is 44.1. The van der Waals surface area contributed by atoms with Gasteiger partial charge < -0.3 is 24.1 Å². The number of carbonyl (C=O) groups is 4. The topological polar surface area (TPSA) is 125 Å². The molecule has 0 heterocycles. The minimum Gasteiger partial charge on any atom is -0.438 e. The first-order valence-electron chi connectivity index (χ1n) is 12.2. The molecule has 3 saturated carbocycles. The summed E-state index contributed by atoms with van der Waals surface area (Å²) < 4.78 is 52.5. The molecule has 0 amide bonds. The quantitative estimate of drug-likeness (QED) is 0.549. The average Bonchev–Trinajstić information content (AvgIpc) is 3.07. The predicted molar refractivity (Wildman–Crippen MR) is 123 cm³/mol. The molecule has 1 N–H and O–H groups in total. The van der Waals surface area contributed by atoms with Crippen molar-refractivity contribution >= 4 is 23.9 Å². The van der Waals surface area contributed by atoms with E-state index in [9.17, 15) is 24.3 Å². The summed E-state index contributed by atoms with van der Waals surface area (Å²) in [5.41, 5.74) is -7.33. The van der Waals surface area contributed by atoms with E-state index in [4.69, 9.17) is 9.47 Å². The molecule has 3 fully saturated rings. The molecule has 4 aliphatic carbocycles. The van der Waals surface area contributed by atoms with Crippen LogP contribution in [0.3, 0.4) is 0 Å². The maximum Gasteiger partial charge on any atom is 0.509 e. The zero-order valence-corrected chi connectivity index (χ0v) is 21.4. The van der Waals surface area contributed by atoms with Crippen molar-refractivity contribution in [2.24, 2.45) is 28.6 Å². The van der Waals surface area contributed by atoms with Gasteiger partial charge in [-0.1, -0.05) is 19.9 Å². The number of alkyl halides is 2. The Bertz CT molecular complexity index is 1090. The molecule has 0 aromatic heterocycles. The SMILES string of the molecule is COC(=O)OCC(=O)[C@@]1(OC(=O)OC)[C@H](C)C[C@H]2[C@@H]3C[C@H](F)C4=CC(=O)C=C[C@]4(C)[C@@]3(F)[C@@H](O)C[C@@]21C. The second kappa shape index (κ2) is 8.89. The van der Waals surface area contributed by atoms with Gasteiger partial charge in [0.2, 0.25) is 5.78 Å². The highest BCUT2D eigenvalue weighted by Gasteiger charge is 2.78. The van der Waals surface area contributed by atoms with Gasteiger partial charge in [0.15, 0.2) is 23.7 Å². The van der Waals surface area contributed by atoms with E-state index < -0.39 is 82.6 Å². The van der Waals surface area contributed by atoms with Crippen molar-refractivity contribution in [3.63, 3.8) is 0 Å². The van der Waals surface area contributed by atoms with Gasteiger partial charge >= 0.3 is 12.3 Å². The molecule has 9 atom stereocenters. The van der Waals surface area contributed by atoms with E-state index in [0.717, 1.165) is 20.3 Å². The number of Topliss-reactive ketones (excluding diaryl/α,β-unsaturated/α-hetero) is 1. The number of hydrogen-bond donors (Lipinski definition) is 1. The van der Waals surface area contributed by atoms with Crippen molar-refractivity contribution in [1.82, 2.24) is 0 Å². The Morgan fingerprint density at radius 1 is 1.11 bits per heavy atom. The summed E-state index contributed by atoms with van der Waals surface area (Å²) in [7, 11) is 2.13. The van der Waals surface area contributed by atoms with Gasteiger partial charge in [-0.25, -0.2) is 18.4 Å². The molecule has 37 heavy (non-hydrogen) atoms. The monoisotopic (exact) mass is 526 g/mol. The number of methoxy groups -OCH3 is 2. The predicted octanol–water partition coefficient (Wildman–Crippen LogP) is 3.43. The second-order valence-electron chi connectivity index (χ2n) is 11.0. The van der Waals surface area contributed by atoms with Gasteiger partial charge in [-0.2, -0.15) is 0 Å². The maximum absolute atomic E-state index is 17.3. The summed E-state index contributed by atoms with van der Waals surface area (Å²) >= 11 is 0. The molecule has 4 rings (SSSR count). The van der Waals surface area contributed by atoms with Crippen LogP contribution < -0.4 is 0 Å². The minimum atomic E-state index is -2.37. The third-order valence-corrected chi connectivity index (χ3v) is 9.48. The molecule has 4 aliphatic rings. The highest BCUT2D eigenvalue weighted by molar-refractivity contribution is 6.01. The Labute approximate surface area is 213 Å². The maximum atomic E-state index is 17.3. The van der Waals surface area contributed by atoms with E-state index in [-0.39, 0.29) is 24.8 Å². The molecule has 0 bridgehead atoms. The van der Waals surface area contributed by atoms with Crippen LogP contribution in [0, 0.1) is 28.6 Å². The highest BCUT2D eigenvalue weighted by atomic mass is 19.1. The van der Waals surface area contributed by atoms with Gasteiger partial charge in [0.1, 0.15) is 6.17 Å². The largest absolute Gasteiger partial charge is 0.509 e. The number of allylic oxidation sites excluding steroid dienone is 4. The van der Waals surface area contributed by atoms with Crippen LogP contribution in [-0.2, 0) is 28.5 Å². The lowest BCUT2D eigenvalue weighted by Crippen LogP contribution is -2.71. The standard InChI is InChI=1S/C26H32F2O9/c1-13-8-15-16-10-18(27)17-9-14(29)6-7-23(17,2)25(16,28)19(30)11-24(15,3)26(13,37-22(33)35-5)20(31)12-36-21(32)34-4/h6-7,9,13,15-16,18-19,30H,8,10-12H2,1-5H3/t13-,15+,16+,18+,19+,23+,24+,25+,26+/m1/s1. The molecule has 9 nitrogen and oxygen atoms in total. The lowest BCUT2D eigenvalue weighted by molar-refractivity contribution is -0.225. The Morgan fingerprint density at radius 2 is 1.76 bits per heavy atom. The summed E-state index contributed by atoms with van der Waals surface area (Å²) in [5, 5.41) is 11.4. The third-order valence-electron chi connectivity index (χ3n) is 9.48. The number of carbonyl (C=O) groups excluding carboxylic acids is 4. The van der Waals surface area contributed by atoms with E-state index >= 15 is 8.78 Å². The molecular formula is C26H32F2O9. The number of aliphatic hydroxyl groups is 1. The number of halogens is 2. The van der Waals surface area contributed by atoms with Crippen LogP contribution in [0.1, 0.15) is 40.0 Å². The van der Waals surface area contributed by atoms with Crippen molar-refractivity contribution in [3.05, 3.63) is 23.8 Å². The Balaban J connectivity index is 1.83. The molecule has 11 heteroatoms. The molecule has 0 aliphatic heterocycles. The van der Waals surface area contributed by atoms with Crippen molar-refractivity contribution in [2.45, 2.75) is 63.6 Å². The van der Waals surface area contributed by atoms with Crippen LogP contribution in [-0.4, -0.2) is 73.4 Å². The number of ether oxygens (including phenoxy) is 4. The van der Waals surface area contributed by atoms with Crippen LogP contribution in [0.4, 0.5) is 18.4 Å². The Kier molecular flexibility index (Phi) is 6.54. The molecule has 0 aromatic carbocycles. The first kappa shape index (κ1) is 27.2. The number of ketones is 2. The van der Waals surface area contributed by atoms with Crippen LogP contribution in [0.2, 0.25) is 0 Å². The average molecular weight is 527 g/mol. The fourth-order valence-corrected chi connectivity index (χ4v) is 7.86. The van der Waals surface area contributed by atoms with Crippen LogP contribution in [0.15, 0.2) is 23.8 Å². The minimum absolute atomic E-state index is 0.0212. The van der Waals surface area contributed by atoms with Crippen molar-refractivity contribution < 1.29 is 52.0 Å². The zero-order chi connectivity index (χ0) is 27.6. The lowest BCUT2D eigenvalue weighted by Gasteiger charge is -2.63. The molecular weight excluding hydrogens is 494 g/mol. The fraction of sp³-hybridized carbons (Fsp3) is 0.692. The number of rotatable bonds is 4. The van der Waals surface area contributed by atoms with Crippen molar-refractivity contribution in [1.29, 1.82) is 0 Å². The lowest BCUT2D eigenvalue weighted by atomic mass is 9.44. The number of fused-ring (bicyclic) bond motifs is 5. The van der Waals surface area contributed by atoms with Gasteiger partial charge in [-0.05, 0) is 49.8 Å². The number of aliphatic hydroxyl groups excluding tert-OH is 1. The summed E-state index contributed by atoms with van der Waals surface area (Å²) in [4.78, 5) is 49.6. The summed E-state index contributed by atoms with van der Waals surface area (Å²) in [6.45, 7) is 3.90. The Hall–Kier alpha value is -2.82. The first-order valence-corrected chi connectivity index (χ1v) is 12.2. The molecule has 0 radical (unpaired) electrons. The summed E-state index contributed by atoms with van der Waals surface area (Å²) in [6, 6.07) is 0. The van der Waals surface area contributed by atoms with E-state index in [1.54, 1.807) is 13.8 Å². The molecule has 0 saturated heterocycles. The number of hydrogen-bond acceptors (Lipinski definition) is 9. The fourth-order valence-electron chi connectivity index (χ4n) is 7.86. The highest BCUT2D eigenvalue weighted by Crippen LogP contribution is 2.71. The summed E-state index contributed by atoms with van der Waals surface area (Å²) in [5.74, 6) is -3.77. The van der Waals surface area contributed by atoms with Gasteiger partial charge in [-0.15, -0.1) is 0 Å².